The molecule has 1 amide bonds. The number of hydrogen-bond donors (Lipinski definition) is 1. The average Bonchev–Trinajstić information content (AvgIpc) is 2.70. The molecule has 0 aromatic carbocycles. The number of hydrogen-bond acceptors (Lipinski definition) is 3. The normalized spacial score (nSPS) is 23.0. The third-order valence-electron chi connectivity index (χ3n) is 3.95. The summed E-state index contributed by atoms with van der Waals surface area (Å²) < 4.78 is 0. The van der Waals surface area contributed by atoms with E-state index in [-0.39, 0.29) is 5.91 Å². The van der Waals surface area contributed by atoms with E-state index in [1.807, 2.05) is 9.80 Å². The van der Waals surface area contributed by atoms with Crippen LogP contribution in [0.15, 0.2) is 0 Å². The molecule has 0 radical (unpaired) electrons. The second kappa shape index (κ2) is 7.25. The highest BCUT2D eigenvalue weighted by atomic mass is 16.4. The van der Waals surface area contributed by atoms with Crippen LogP contribution >= 0.6 is 0 Å². The molecule has 1 unspecified atom stereocenters. The van der Waals surface area contributed by atoms with Gasteiger partial charge >= 0.3 is 5.97 Å². The van der Waals surface area contributed by atoms with Crippen LogP contribution < -0.4 is 0 Å². The summed E-state index contributed by atoms with van der Waals surface area (Å²) in [6.45, 7) is 13.2. The van der Waals surface area contributed by atoms with Gasteiger partial charge in [-0.05, 0) is 31.7 Å². The third kappa shape index (κ3) is 5.30. The lowest BCUT2D eigenvalue weighted by atomic mass is 9.90. The summed E-state index contributed by atoms with van der Waals surface area (Å²) in [5.41, 5.74) is -0.707. The van der Waals surface area contributed by atoms with E-state index in [0.717, 1.165) is 13.1 Å². The maximum absolute atomic E-state index is 12.5. The first-order valence-electron chi connectivity index (χ1n) is 7.87. The molecule has 1 saturated heterocycles. The fraction of sp³-hybridized carbons (Fsp3) is 0.875. The van der Waals surface area contributed by atoms with Gasteiger partial charge in [0.1, 0.15) is 0 Å². The minimum Gasteiger partial charge on any atom is -0.481 e. The first-order chi connectivity index (χ1) is 9.64. The monoisotopic (exact) mass is 298 g/mol. The molecule has 5 heteroatoms. The van der Waals surface area contributed by atoms with Crippen molar-refractivity contribution in [2.24, 2.45) is 17.3 Å². The van der Waals surface area contributed by atoms with Gasteiger partial charge in [0, 0.05) is 19.6 Å². The van der Waals surface area contributed by atoms with Crippen LogP contribution in [0.1, 0.15) is 41.0 Å². The zero-order chi connectivity index (χ0) is 16.2. The van der Waals surface area contributed by atoms with Crippen molar-refractivity contribution in [2.45, 2.75) is 41.0 Å². The highest BCUT2D eigenvalue weighted by molar-refractivity contribution is 5.79. The molecule has 1 atom stereocenters. The Hall–Kier alpha value is -1.10. The molecule has 0 saturated carbocycles. The van der Waals surface area contributed by atoms with Gasteiger partial charge < -0.3 is 10.0 Å². The Bertz CT molecular complexity index is 372. The number of likely N-dealkylation sites (tertiary alicyclic amines) is 1. The Balaban J connectivity index is 2.59. The van der Waals surface area contributed by atoms with Crippen LogP contribution in [-0.4, -0.2) is 59.5 Å². The van der Waals surface area contributed by atoms with E-state index in [4.69, 9.17) is 0 Å². The molecule has 122 valence electrons. The predicted octanol–water partition coefficient (Wildman–Crippen LogP) is 1.92. The maximum atomic E-state index is 12.5. The highest BCUT2D eigenvalue weighted by Gasteiger charge is 2.41. The van der Waals surface area contributed by atoms with E-state index in [2.05, 4.69) is 27.7 Å². The van der Waals surface area contributed by atoms with Crippen molar-refractivity contribution in [2.75, 3.05) is 32.7 Å². The van der Waals surface area contributed by atoms with Crippen molar-refractivity contribution < 1.29 is 14.7 Å². The molecule has 21 heavy (non-hydrogen) atoms. The standard InChI is InChI=1S/C16H30N2O3/c1-12(2)8-18(9-13(3)4)14(19)10-17-7-6-16(5,11-17)15(20)21/h12-13H,6-11H2,1-5H3,(H,20,21). The molecule has 1 N–H and O–H groups in total. The fourth-order valence-electron chi connectivity index (χ4n) is 2.82. The SMILES string of the molecule is CC(C)CN(CC(C)C)C(=O)CN1CCC(C)(C(=O)O)C1. The van der Waals surface area contributed by atoms with Gasteiger partial charge in [0.2, 0.25) is 5.91 Å². The largest absolute Gasteiger partial charge is 0.481 e. The van der Waals surface area contributed by atoms with Crippen molar-refractivity contribution in [3.8, 4) is 0 Å². The Kier molecular flexibility index (Phi) is 6.20. The van der Waals surface area contributed by atoms with Gasteiger partial charge in [-0.3, -0.25) is 14.5 Å². The second-order valence-corrected chi connectivity index (χ2v) is 7.41. The Morgan fingerprint density at radius 1 is 1.19 bits per heavy atom. The summed E-state index contributed by atoms with van der Waals surface area (Å²) >= 11 is 0. The molecule has 0 spiro atoms. The minimum atomic E-state index is -0.765. The number of carbonyl (C=O) groups is 2. The summed E-state index contributed by atoms with van der Waals surface area (Å²) in [4.78, 5) is 27.6. The van der Waals surface area contributed by atoms with Gasteiger partial charge in [-0.1, -0.05) is 27.7 Å². The van der Waals surface area contributed by atoms with Crippen LogP contribution in [-0.2, 0) is 9.59 Å². The van der Waals surface area contributed by atoms with Crippen LogP contribution in [0.4, 0.5) is 0 Å². The number of carboxylic acid groups (broad SMARTS) is 1. The van der Waals surface area contributed by atoms with E-state index in [1.165, 1.54) is 0 Å². The molecule has 0 bridgehead atoms. The molecule has 0 aliphatic carbocycles. The van der Waals surface area contributed by atoms with E-state index < -0.39 is 11.4 Å². The summed E-state index contributed by atoms with van der Waals surface area (Å²) in [5, 5.41) is 9.25. The van der Waals surface area contributed by atoms with Crippen LogP contribution in [0.5, 0.6) is 0 Å². The first kappa shape index (κ1) is 18.0. The smallest absolute Gasteiger partial charge is 0.310 e. The van der Waals surface area contributed by atoms with Gasteiger partial charge in [0.15, 0.2) is 0 Å². The van der Waals surface area contributed by atoms with Crippen molar-refractivity contribution in [3.05, 3.63) is 0 Å². The molecule has 0 aromatic heterocycles. The van der Waals surface area contributed by atoms with Gasteiger partial charge in [-0.2, -0.15) is 0 Å². The Morgan fingerprint density at radius 3 is 2.10 bits per heavy atom. The summed E-state index contributed by atoms with van der Waals surface area (Å²) in [5.74, 6) is 0.233. The Labute approximate surface area is 128 Å². The summed E-state index contributed by atoms with van der Waals surface area (Å²) in [7, 11) is 0. The Morgan fingerprint density at radius 2 is 1.71 bits per heavy atom. The number of carboxylic acids is 1. The molecular weight excluding hydrogens is 268 g/mol. The lowest BCUT2D eigenvalue weighted by molar-refractivity contribution is -0.147. The molecule has 1 rings (SSSR count). The molecular formula is C16H30N2O3. The van der Waals surface area contributed by atoms with E-state index in [0.29, 0.717) is 37.9 Å². The van der Waals surface area contributed by atoms with E-state index in [1.54, 1.807) is 6.92 Å². The van der Waals surface area contributed by atoms with Crippen LogP contribution in [0, 0.1) is 17.3 Å². The number of amides is 1. The summed E-state index contributed by atoms with van der Waals surface area (Å²) in [6.07, 6.45) is 0.615. The highest BCUT2D eigenvalue weighted by Crippen LogP contribution is 2.29. The van der Waals surface area contributed by atoms with Crippen LogP contribution in [0.25, 0.3) is 0 Å². The van der Waals surface area contributed by atoms with E-state index in [9.17, 15) is 14.7 Å². The van der Waals surface area contributed by atoms with E-state index >= 15 is 0 Å². The topological polar surface area (TPSA) is 60.9 Å². The van der Waals surface area contributed by atoms with Gasteiger partial charge in [0.25, 0.3) is 0 Å². The molecule has 5 nitrogen and oxygen atoms in total. The maximum Gasteiger partial charge on any atom is 0.310 e. The first-order valence-corrected chi connectivity index (χ1v) is 7.87. The van der Waals surface area contributed by atoms with Crippen molar-refractivity contribution in [1.82, 2.24) is 9.80 Å². The van der Waals surface area contributed by atoms with Crippen LogP contribution in [0.3, 0.4) is 0 Å². The number of nitrogens with zero attached hydrogens (tertiary/aromatic N) is 2. The zero-order valence-electron chi connectivity index (χ0n) is 14.1. The number of rotatable bonds is 7. The van der Waals surface area contributed by atoms with Crippen molar-refractivity contribution in [3.63, 3.8) is 0 Å². The molecule has 0 aromatic rings. The molecule has 1 aliphatic rings. The third-order valence-corrected chi connectivity index (χ3v) is 3.95. The second-order valence-electron chi connectivity index (χ2n) is 7.41. The summed E-state index contributed by atoms with van der Waals surface area (Å²) in [6, 6.07) is 0. The molecule has 1 fully saturated rings. The van der Waals surface area contributed by atoms with Crippen LogP contribution in [0.2, 0.25) is 0 Å². The van der Waals surface area contributed by atoms with Gasteiger partial charge in [-0.25, -0.2) is 0 Å². The quantitative estimate of drug-likeness (QED) is 0.780. The number of aliphatic carboxylic acids is 1. The van der Waals surface area contributed by atoms with Crippen molar-refractivity contribution >= 4 is 11.9 Å². The van der Waals surface area contributed by atoms with Crippen molar-refractivity contribution in [1.29, 1.82) is 0 Å². The molecule has 1 aliphatic heterocycles. The lowest BCUT2D eigenvalue weighted by Gasteiger charge is -2.28. The minimum absolute atomic E-state index is 0.118. The van der Waals surface area contributed by atoms with Gasteiger partial charge in [0.05, 0.1) is 12.0 Å². The molecule has 1 heterocycles. The average molecular weight is 298 g/mol. The predicted molar refractivity (Wildman–Crippen MR) is 83.1 cm³/mol. The van der Waals surface area contributed by atoms with Gasteiger partial charge in [-0.15, -0.1) is 0 Å². The number of carbonyl (C=O) groups excluding carboxylic acids is 1. The zero-order valence-corrected chi connectivity index (χ0v) is 14.1. The lowest BCUT2D eigenvalue weighted by Crippen LogP contribution is -2.43. The fourth-order valence-corrected chi connectivity index (χ4v) is 2.82.